The van der Waals surface area contributed by atoms with E-state index < -0.39 is 10.7 Å². The van der Waals surface area contributed by atoms with E-state index in [1.54, 1.807) is 6.92 Å². The summed E-state index contributed by atoms with van der Waals surface area (Å²) >= 11 is 0. The number of nitrogens with one attached hydrogen (secondary N) is 1. The van der Waals surface area contributed by atoms with Crippen LogP contribution in [0.25, 0.3) is 0 Å². The van der Waals surface area contributed by atoms with E-state index in [1.165, 1.54) is 6.07 Å². The Morgan fingerprint density at radius 3 is 2.63 bits per heavy atom. The van der Waals surface area contributed by atoms with Crippen molar-refractivity contribution in [3.63, 3.8) is 0 Å². The Bertz CT molecular complexity index is 450. The second kappa shape index (κ2) is 7.04. The molecule has 0 radical (unpaired) electrons. The average molecular weight is 269 g/mol. The zero-order chi connectivity index (χ0) is 14.4. The molecule has 0 unspecified atom stereocenters. The normalized spacial score (nSPS) is 10.8. The van der Waals surface area contributed by atoms with Crippen LogP contribution in [0, 0.1) is 22.9 Å². The van der Waals surface area contributed by atoms with Gasteiger partial charge in [-0.15, -0.1) is 0 Å². The topological polar surface area (TPSA) is 58.4 Å². The minimum absolute atomic E-state index is 0.212. The van der Waals surface area contributed by atoms with Crippen molar-refractivity contribution in [2.24, 2.45) is 0 Å². The van der Waals surface area contributed by atoms with Gasteiger partial charge in [0.05, 0.1) is 11.0 Å². The molecule has 0 aromatic heterocycles. The van der Waals surface area contributed by atoms with Gasteiger partial charge in [-0.1, -0.05) is 0 Å². The molecule has 0 bridgehead atoms. The maximum atomic E-state index is 13.3. The average Bonchev–Trinajstić information content (AvgIpc) is 2.32. The third-order valence-electron chi connectivity index (χ3n) is 2.82. The molecule has 19 heavy (non-hydrogen) atoms. The molecule has 0 saturated carbocycles. The van der Waals surface area contributed by atoms with Crippen LogP contribution >= 0.6 is 0 Å². The lowest BCUT2D eigenvalue weighted by Crippen LogP contribution is -2.14. The predicted octanol–water partition coefficient (Wildman–Crippen LogP) is 2.80. The molecular weight excluding hydrogens is 249 g/mol. The van der Waals surface area contributed by atoms with Crippen molar-refractivity contribution >= 4 is 11.4 Å². The predicted molar refractivity (Wildman–Crippen MR) is 74.1 cm³/mol. The first-order chi connectivity index (χ1) is 8.91. The maximum absolute atomic E-state index is 13.3. The van der Waals surface area contributed by atoms with E-state index in [4.69, 9.17) is 0 Å². The van der Waals surface area contributed by atoms with Crippen molar-refractivity contribution in [2.45, 2.75) is 19.8 Å². The quantitative estimate of drug-likeness (QED) is 0.470. The highest BCUT2D eigenvalue weighted by molar-refractivity contribution is 5.63. The SMILES string of the molecule is Cc1cc(NCCCCN(C)C)c([N+](=O)[O-])cc1F. The van der Waals surface area contributed by atoms with Crippen LogP contribution in [0.15, 0.2) is 12.1 Å². The summed E-state index contributed by atoms with van der Waals surface area (Å²) in [5.74, 6) is -0.551. The summed E-state index contributed by atoms with van der Waals surface area (Å²) in [6, 6.07) is 2.46. The Labute approximate surface area is 112 Å². The molecule has 0 aliphatic carbocycles. The van der Waals surface area contributed by atoms with Gasteiger partial charge in [0, 0.05) is 6.54 Å². The molecular formula is C13H20FN3O2. The van der Waals surface area contributed by atoms with Crippen molar-refractivity contribution in [2.75, 3.05) is 32.5 Å². The number of nitro groups is 1. The molecule has 0 aliphatic rings. The van der Waals surface area contributed by atoms with Gasteiger partial charge in [0.2, 0.25) is 0 Å². The second-order valence-corrected chi connectivity index (χ2v) is 4.81. The Hall–Kier alpha value is -1.69. The smallest absolute Gasteiger partial charge is 0.295 e. The summed E-state index contributed by atoms with van der Waals surface area (Å²) < 4.78 is 13.3. The molecule has 1 N–H and O–H groups in total. The molecule has 6 heteroatoms. The van der Waals surface area contributed by atoms with Crippen molar-refractivity contribution < 1.29 is 9.31 Å². The fraction of sp³-hybridized carbons (Fsp3) is 0.538. The standard InChI is InChI=1S/C13H20FN3O2/c1-10-8-12(13(17(18)19)9-11(10)14)15-6-4-5-7-16(2)3/h8-9,15H,4-7H2,1-3H3. The van der Waals surface area contributed by atoms with Gasteiger partial charge in [-0.25, -0.2) is 4.39 Å². The molecule has 0 aliphatic heterocycles. The summed E-state index contributed by atoms with van der Waals surface area (Å²) in [5.41, 5.74) is 0.575. The number of aryl methyl sites for hydroxylation is 1. The van der Waals surface area contributed by atoms with Crippen molar-refractivity contribution in [1.82, 2.24) is 4.90 Å². The van der Waals surface area contributed by atoms with Crippen LogP contribution in [-0.2, 0) is 0 Å². The summed E-state index contributed by atoms with van der Waals surface area (Å²) in [6.07, 6.45) is 1.92. The molecule has 1 rings (SSSR count). The van der Waals surface area contributed by atoms with Crippen LogP contribution < -0.4 is 5.32 Å². The van der Waals surface area contributed by atoms with E-state index in [1.807, 2.05) is 14.1 Å². The van der Waals surface area contributed by atoms with Gasteiger partial charge in [0.1, 0.15) is 11.5 Å². The van der Waals surface area contributed by atoms with Gasteiger partial charge < -0.3 is 10.2 Å². The first-order valence-electron chi connectivity index (χ1n) is 6.25. The van der Waals surface area contributed by atoms with Crippen LogP contribution in [0.4, 0.5) is 15.8 Å². The zero-order valence-corrected chi connectivity index (χ0v) is 11.6. The zero-order valence-electron chi connectivity index (χ0n) is 11.6. The Morgan fingerprint density at radius 1 is 1.37 bits per heavy atom. The fourth-order valence-electron chi connectivity index (χ4n) is 1.74. The maximum Gasteiger partial charge on any atom is 0.295 e. The number of hydrogen-bond donors (Lipinski definition) is 1. The number of unbranched alkanes of at least 4 members (excludes halogenated alkanes) is 1. The van der Waals surface area contributed by atoms with Crippen LogP contribution in [0.1, 0.15) is 18.4 Å². The van der Waals surface area contributed by atoms with Gasteiger partial charge in [-0.2, -0.15) is 0 Å². The van der Waals surface area contributed by atoms with Crippen molar-refractivity contribution in [1.29, 1.82) is 0 Å². The van der Waals surface area contributed by atoms with Crippen LogP contribution in [0.3, 0.4) is 0 Å². The molecule has 5 nitrogen and oxygen atoms in total. The molecule has 1 aromatic rings. The molecule has 0 amide bonds. The third-order valence-corrected chi connectivity index (χ3v) is 2.82. The number of rotatable bonds is 7. The number of hydrogen-bond acceptors (Lipinski definition) is 4. The monoisotopic (exact) mass is 269 g/mol. The number of benzene rings is 1. The summed E-state index contributed by atoms with van der Waals surface area (Å²) in [4.78, 5) is 12.4. The number of nitro benzene ring substituents is 1. The summed E-state index contributed by atoms with van der Waals surface area (Å²) in [5, 5.41) is 13.9. The second-order valence-electron chi connectivity index (χ2n) is 4.81. The van der Waals surface area contributed by atoms with E-state index >= 15 is 0 Å². The first kappa shape index (κ1) is 15.4. The fourth-order valence-corrected chi connectivity index (χ4v) is 1.74. The molecule has 0 heterocycles. The highest BCUT2D eigenvalue weighted by Crippen LogP contribution is 2.27. The lowest BCUT2D eigenvalue weighted by Gasteiger charge is -2.11. The van der Waals surface area contributed by atoms with Crippen LogP contribution in [0.5, 0.6) is 0 Å². The van der Waals surface area contributed by atoms with E-state index in [-0.39, 0.29) is 5.69 Å². The van der Waals surface area contributed by atoms with Gasteiger partial charge in [-0.05, 0) is 52.0 Å². The molecule has 0 atom stereocenters. The van der Waals surface area contributed by atoms with E-state index in [0.717, 1.165) is 25.5 Å². The lowest BCUT2D eigenvalue weighted by atomic mass is 10.1. The lowest BCUT2D eigenvalue weighted by molar-refractivity contribution is -0.384. The Kier molecular flexibility index (Phi) is 5.69. The minimum Gasteiger partial charge on any atom is -0.379 e. The Morgan fingerprint density at radius 2 is 2.05 bits per heavy atom. The van der Waals surface area contributed by atoms with Crippen molar-refractivity contribution in [3.05, 3.63) is 33.6 Å². The molecule has 106 valence electrons. The first-order valence-corrected chi connectivity index (χ1v) is 6.25. The molecule has 0 spiro atoms. The minimum atomic E-state index is -0.565. The van der Waals surface area contributed by atoms with Crippen LogP contribution in [0.2, 0.25) is 0 Å². The van der Waals surface area contributed by atoms with E-state index in [2.05, 4.69) is 10.2 Å². The number of nitrogens with zero attached hydrogens (tertiary/aromatic N) is 2. The number of halogens is 1. The molecule has 0 saturated heterocycles. The van der Waals surface area contributed by atoms with Gasteiger partial charge in [0.25, 0.3) is 5.69 Å². The third kappa shape index (κ3) is 4.82. The molecule has 0 fully saturated rings. The number of anilines is 1. The molecule has 1 aromatic carbocycles. The Balaban J connectivity index is 2.62. The largest absolute Gasteiger partial charge is 0.379 e. The van der Waals surface area contributed by atoms with E-state index in [0.29, 0.717) is 17.8 Å². The van der Waals surface area contributed by atoms with Gasteiger partial charge >= 0.3 is 0 Å². The van der Waals surface area contributed by atoms with Gasteiger partial charge in [0.15, 0.2) is 0 Å². The van der Waals surface area contributed by atoms with E-state index in [9.17, 15) is 14.5 Å². The summed E-state index contributed by atoms with van der Waals surface area (Å²) in [7, 11) is 4.00. The summed E-state index contributed by atoms with van der Waals surface area (Å²) in [6.45, 7) is 3.21. The van der Waals surface area contributed by atoms with Gasteiger partial charge in [-0.3, -0.25) is 10.1 Å². The highest BCUT2D eigenvalue weighted by atomic mass is 19.1. The highest BCUT2D eigenvalue weighted by Gasteiger charge is 2.16. The van der Waals surface area contributed by atoms with Crippen molar-refractivity contribution in [3.8, 4) is 0 Å². The van der Waals surface area contributed by atoms with Crippen LogP contribution in [-0.4, -0.2) is 37.0 Å².